The van der Waals surface area contributed by atoms with Crippen LogP contribution >= 0.6 is 0 Å². The van der Waals surface area contributed by atoms with Crippen molar-refractivity contribution < 1.29 is 14.5 Å². The van der Waals surface area contributed by atoms with Gasteiger partial charge in [0.25, 0.3) is 0 Å². The number of nitriles is 6. The van der Waals surface area contributed by atoms with Crippen LogP contribution in [0.3, 0.4) is 0 Å². The second-order valence-corrected chi connectivity index (χ2v) is 9.08. The molecule has 0 N–H and O–H groups in total. The van der Waals surface area contributed by atoms with Gasteiger partial charge in [-0.2, -0.15) is 0 Å². The minimum atomic E-state index is -6.29. The molecule has 0 fully saturated rings. The Balaban J connectivity index is 0. The summed E-state index contributed by atoms with van der Waals surface area (Å²) < 4.78 is 6.25. The van der Waals surface area contributed by atoms with Crippen LogP contribution in [0.1, 0.15) is 0 Å². The minimum absolute atomic E-state index is 0. The Kier molecular flexibility index (Phi) is 3.33. The molecule has 0 atom stereocenters. The Morgan fingerprint density at radius 3 is 0.643 bits per heavy atom. The summed E-state index contributed by atoms with van der Waals surface area (Å²) in [6.07, 6.45) is 0. The molecule has 0 heterocycles. The van der Waals surface area contributed by atoms with Crippen LogP contribution in [0, 0.1) is 57.3 Å². The molecule has 71 valence electrons. The van der Waals surface area contributed by atoms with Gasteiger partial charge in [0.05, 0.1) is 0 Å². The quantitative estimate of drug-likeness (QED) is 0.519. The van der Waals surface area contributed by atoms with Crippen molar-refractivity contribution in [1.82, 2.24) is 0 Å². The summed E-state index contributed by atoms with van der Waals surface area (Å²) in [5, 5.41) is 51.5. The standard InChI is InChI=1S/6CN.Ag.Al.3H/c6*1-2;;;;;. The van der Waals surface area contributed by atoms with Crippen molar-refractivity contribution >= 4 is 17.4 Å². The van der Waals surface area contributed by atoms with Crippen LogP contribution < -0.4 is 0 Å². The summed E-state index contributed by atoms with van der Waals surface area (Å²) in [5.74, 6) is 0. The van der Waals surface area contributed by atoms with Gasteiger partial charge in [0.1, 0.15) is 0 Å². The molecule has 0 aromatic heterocycles. The van der Waals surface area contributed by atoms with E-state index in [9.17, 15) is 0 Å². The third-order valence-corrected chi connectivity index (χ3v) is 5.98. The zero-order valence-electron chi connectivity index (χ0n) is 5.98. The van der Waals surface area contributed by atoms with Crippen molar-refractivity contribution in [1.29, 1.82) is 31.6 Å². The molecule has 0 saturated carbocycles. The molecule has 0 aromatic carbocycles. The second-order valence-electron chi connectivity index (χ2n) is 1.54. The molecule has 0 unspecified atom stereocenters. The first-order valence-corrected chi connectivity index (χ1v) is 6.69. The van der Waals surface area contributed by atoms with Crippen molar-refractivity contribution in [2.24, 2.45) is 0 Å². The Morgan fingerprint density at radius 2 is 0.643 bits per heavy atom. The number of hydrogen-bond acceptors (Lipinski definition) is 6. The Bertz CT molecular complexity index is 392. The smallest absolute Gasteiger partial charge is 0.187 e. The third-order valence-electron chi connectivity index (χ3n) is 1.01. The Labute approximate surface area is 88.9 Å². The molecular weight excluding hydrogens is 291 g/mol. The average molecular weight is 294 g/mol. The van der Waals surface area contributed by atoms with Gasteiger partial charge >= 0.3 is 71.8 Å². The average Bonchev–Trinajstić information content (AvgIpc) is 2.26. The molecular formula is C6H3AgAlN6. The van der Waals surface area contributed by atoms with Gasteiger partial charge in [-0.15, -0.1) is 0 Å². The zero-order valence-corrected chi connectivity index (χ0v) is 7.47. The normalized spacial score (nSPS) is 12.4. The van der Waals surface area contributed by atoms with E-state index in [0.717, 1.165) is 25.7 Å². The molecule has 14 heavy (non-hydrogen) atoms. The predicted octanol–water partition coefficient (Wildman–Crippen LogP) is -1.09. The van der Waals surface area contributed by atoms with Gasteiger partial charge < -0.3 is 0 Å². The molecule has 0 bridgehead atoms. The van der Waals surface area contributed by atoms with Crippen molar-refractivity contribution in [2.75, 3.05) is 0 Å². The molecule has 0 aliphatic heterocycles. The van der Waals surface area contributed by atoms with Crippen LogP contribution in [-0.2, 0) is 14.5 Å². The van der Waals surface area contributed by atoms with Crippen LogP contribution in [0.2, 0.25) is 0 Å². The first-order valence-electron chi connectivity index (χ1n) is 2.25. The maximum absolute atomic E-state index is 8.58. The van der Waals surface area contributed by atoms with Crippen molar-refractivity contribution in [2.45, 2.75) is 0 Å². The number of rotatable bonds is 0. The first kappa shape index (κ1) is 14.7. The fraction of sp³-hybridized carbons (Fsp3) is 0. The molecule has 0 spiro atoms. The molecule has 0 rings (SSSR count). The second kappa shape index (κ2) is 3.17. The topological polar surface area (TPSA) is 143 Å². The molecule has 0 amide bonds. The molecule has 8 heteroatoms. The van der Waals surface area contributed by atoms with Crippen LogP contribution in [-0.4, -0.2) is 17.4 Å². The predicted molar refractivity (Wildman–Crippen MR) is 43.6 cm³/mol. The molecule has 0 aromatic rings. The van der Waals surface area contributed by atoms with E-state index >= 15 is 0 Å². The summed E-state index contributed by atoms with van der Waals surface area (Å²) in [7, 11) is 0. The SMILES string of the molecule is N#[C][Ag]([C]#N)([C]#N)([C]#N)([C]#N)[C]#N.[AlH3]. The number of nitrogens with zero attached hydrogens (tertiary/aromatic N) is 6. The molecule has 0 aliphatic carbocycles. The van der Waals surface area contributed by atoms with E-state index in [4.69, 9.17) is 31.6 Å². The maximum Gasteiger partial charge on any atom is 0.187 e. The van der Waals surface area contributed by atoms with Crippen LogP contribution in [0.25, 0.3) is 0 Å². The van der Waals surface area contributed by atoms with Gasteiger partial charge in [-0.25, -0.2) is 0 Å². The summed E-state index contributed by atoms with van der Waals surface area (Å²) >= 11 is -6.29. The zero-order chi connectivity index (χ0) is 10.7. The van der Waals surface area contributed by atoms with E-state index in [2.05, 4.69) is 0 Å². The van der Waals surface area contributed by atoms with Gasteiger partial charge in [-0.1, -0.05) is 0 Å². The van der Waals surface area contributed by atoms with Gasteiger partial charge in [0.2, 0.25) is 0 Å². The van der Waals surface area contributed by atoms with Crippen LogP contribution in [0.5, 0.6) is 0 Å². The van der Waals surface area contributed by atoms with E-state index < -0.39 is 14.5 Å². The summed E-state index contributed by atoms with van der Waals surface area (Å²) in [6.45, 7) is 0. The first-order chi connectivity index (χ1) is 5.97. The van der Waals surface area contributed by atoms with E-state index in [1.54, 1.807) is 0 Å². The molecule has 0 saturated heterocycles. The Hall–Kier alpha value is -1.79. The summed E-state index contributed by atoms with van der Waals surface area (Å²) in [4.78, 5) is 0. The van der Waals surface area contributed by atoms with E-state index in [-0.39, 0.29) is 17.4 Å². The molecule has 6 nitrogen and oxygen atoms in total. The van der Waals surface area contributed by atoms with Gasteiger partial charge in [0, 0.05) is 0 Å². The van der Waals surface area contributed by atoms with Gasteiger partial charge in [0.15, 0.2) is 17.4 Å². The monoisotopic (exact) mass is 293 g/mol. The maximum atomic E-state index is 8.58. The minimum Gasteiger partial charge on any atom is 0.187 e. The largest absolute Gasteiger partial charge is 0.187 e. The van der Waals surface area contributed by atoms with E-state index in [1.165, 1.54) is 0 Å². The van der Waals surface area contributed by atoms with Crippen molar-refractivity contribution in [3.63, 3.8) is 0 Å². The molecule has 0 aliphatic rings. The van der Waals surface area contributed by atoms with Gasteiger partial charge in [-0.05, 0) is 0 Å². The van der Waals surface area contributed by atoms with Crippen LogP contribution in [0.15, 0.2) is 0 Å². The number of hydrogen-bond donors (Lipinski definition) is 0. The fourth-order valence-corrected chi connectivity index (χ4v) is 1.34. The van der Waals surface area contributed by atoms with Crippen molar-refractivity contribution in [3.05, 3.63) is 0 Å². The fourth-order valence-electron chi connectivity index (χ4n) is 0.226. The van der Waals surface area contributed by atoms with E-state index in [0.29, 0.717) is 0 Å². The van der Waals surface area contributed by atoms with Crippen LogP contribution in [0.4, 0.5) is 0 Å². The summed E-state index contributed by atoms with van der Waals surface area (Å²) in [5.41, 5.74) is 0. The molecule has 0 radical (unpaired) electrons. The van der Waals surface area contributed by atoms with Crippen molar-refractivity contribution in [3.8, 4) is 25.7 Å². The van der Waals surface area contributed by atoms with E-state index in [1.807, 2.05) is 0 Å². The van der Waals surface area contributed by atoms with Gasteiger partial charge in [-0.3, -0.25) is 0 Å². The third kappa shape index (κ3) is 1.09. The Morgan fingerprint density at radius 1 is 0.500 bits per heavy atom. The summed E-state index contributed by atoms with van der Waals surface area (Å²) in [6, 6.07) is 0.